The Labute approximate surface area is 169 Å². The maximum atomic E-state index is 13.7. The molecule has 168 valence electrons. The predicted molar refractivity (Wildman–Crippen MR) is 97.1 cm³/mol. The quantitative estimate of drug-likeness (QED) is 0.508. The third-order valence-electron chi connectivity index (χ3n) is 4.65. The van der Waals surface area contributed by atoms with Crippen LogP contribution in [0.15, 0.2) is 18.2 Å². The molecule has 0 bridgehead atoms. The average molecular weight is 437 g/mol. The van der Waals surface area contributed by atoms with Gasteiger partial charge in [-0.1, -0.05) is 0 Å². The molecular formula is C18H23F4N3O5. The van der Waals surface area contributed by atoms with Gasteiger partial charge in [-0.3, -0.25) is 4.79 Å². The van der Waals surface area contributed by atoms with Crippen molar-refractivity contribution in [1.82, 2.24) is 10.2 Å². The second-order valence-electron chi connectivity index (χ2n) is 6.92. The Hall–Kier alpha value is -2.60. The number of nitrogens with one attached hydrogen (secondary N) is 2. The third kappa shape index (κ3) is 6.73. The molecule has 1 heterocycles. The number of rotatable bonds is 6. The normalized spacial score (nSPS) is 17.2. The van der Waals surface area contributed by atoms with E-state index in [1.54, 1.807) is 0 Å². The van der Waals surface area contributed by atoms with E-state index in [1.807, 2.05) is 0 Å². The summed E-state index contributed by atoms with van der Waals surface area (Å²) < 4.78 is 53.7. The summed E-state index contributed by atoms with van der Waals surface area (Å²) >= 11 is 0. The Morgan fingerprint density at radius 2 is 1.93 bits per heavy atom. The average Bonchev–Trinajstić information content (AvgIpc) is 2.63. The van der Waals surface area contributed by atoms with Crippen molar-refractivity contribution < 1.29 is 42.1 Å². The minimum Gasteiger partial charge on any atom is -0.403 e. The first kappa shape index (κ1) is 23.7. The van der Waals surface area contributed by atoms with Crippen LogP contribution in [-0.2, 0) is 4.79 Å². The number of ether oxygens (including phenoxy) is 1. The zero-order chi connectivity index (χ0) is 22.5. The lowest BCUT2D eigenvalue weighted by Crippen LogP contribution is -2.50. The van der Waals surface area contributed by atoms with Gasteiger partial charge < -0.3 is 30.5 Å². The van der Waals surface area contributed by atoms with Crippen LogP contribution >= 0.6 is 0 Å². The Morgan fingerprint density at radius 1 is 1.30 bits per heavy atom. The van der Waals surface area contributed by atoms with Gasteiger partial charge in [-0.15, -0.1) is 13.2 Å². The number of alkyl halides is 3. The van der Waals surface area contributed by atoms with E-state index in [4.69, 9.17) is 0 Å². The van der Waals surface area contributed by atoms with Crippen molar-refractivity contribution in [3.63, 3.8) is 0 Å². The lowest BCUT2D eigenvalue weighted by molar-refractivity contribution is -0.275. The first-order valence-electron chi connectivity index (χ1n) is 9.20. The van der Waals surface area contributed by atoms with Gasteiger partial charge in [-0.05, 0) is 31.9 Å². The molecule has 1 fully saturated rings. The molecule has 1 aliphatic rings. The zero-order valence-corrected chi connectivity index (χ0v) is 16.1. The van der Waals surface area contributed by atoms with Crippen molar-refractivity contribution in [2.24, 2.45) is 5.92 Å². The van der Waals surface area contributed by atoms with Crippen molar-refractivity contribution >= 4 is 17.6 Å². The highest BCUT2D eigenvalue weighted by Crippen LogP contribution is 2.27. The summed E-state index contributed by atoms with van der Waals surface area (Å²) in [7, 11) is 0. The van der Waals surface area contributed by atoms with E-state index in [9.17, 15) is 37.4 Å². The predicted octanol–water partition coefficient (Wildman–Crippen LogP) is 1.83. The SMILES string of the molecule is CC(O)[C@H](CO)C(=O)N1CCC(NC(=O)Nc2ccc(OC(F)(F)F)c(F)c2)CC1. The molecule has 1 aliphatic heterocycles. The number of aliphatic hydroxyl groups excluding tert-OH is 2. The van der Waals surface area contributed by atoms with E-state index >= 15 is 0 Å². The molecule has 0 spiro atoms. The molecule has 0 aliphatic carbocycles. The second kappa shape index (κ2) is 9.94. The van der Waals surface area contributed by atoms with E-state index in [-0.39, 0.29) is 17.6 Å². The van der Waals surface area contributed by atoms with Crippen LogP contribution in [0, 0.1) is 11.7 Å². The van der Waals surface area contributed by atoms with Gasteiger partial charge in [-0.25, -0.2) is 9.18 Å². The fraction of sp³-hybridized carbons (Fsp3) is 0.556. The van der Waals surface area contributed by atoms with Gasteiger partial charge in [0, 0.05) is 30.9 Å². The van der Waals surface area contributed by atoms with Gasteiger partial charge in [-0.2, -0.15) is 0 Å². The molecule has 30 heavy (non-hydrogen) atoms. The monoisotopic (exact) mass is 437 g/mol. The van der Waals surface area contributed by atoms with E-state index in [0.717, 1.165) is 12.1 Å². The van der Waals surface area contributed by atoms with E-state index < -0.39 is 42.6 Å². The summed E-state index contributed by atoms with van der Waals surface area (Å²) in [5, 5.41) is 23.8. The summed E-state index contributed by atoms with van der Waals surface area (Å²) in [6.45, 7) is 1.57. The topological polar surface area (TPSA) is 111 Å². The van der Waals surface area contributed by atoms with Crippen LogP contribution in [0.25, 0.3) is 0 Å². The number of carbonyl (C=O) groups is 2. The van der Waals surface area contributed by atoms with Gasteiger partial charge in [0.1, 0.15) is 0 Å². The highest BCUT2D eigenvalue weighted by molar-refractivity contribution is 5.89. The number of nitrogens with zero attached hydrogens (tertiary/aromatic N) is 1. The van der Waals surface area contributed by atoms with Crippen LogP contribution in [0.1, 0.15) is 19.8 Å². The van der Waals surface area contributed by atoms with Crippen LogP contribution in [0.2, 0.25) is 0 Å². The molecule has 1 unspecified atom stereocenters. The molecule has 2 atom stereocenters. The summed E-state index contributed by atoms with van der Waals surface area (Å²) in [5.41, 5.74) is -0.0603. The van der Waals surface area contributed by atoms with Crippen LogP contribution in [0.3, 0.4) is 0 Å². The highest BCUT2D eigenvalue weighted by atomic mass is 19.4. The van der Waals surface area contributed by atoms with Gasteiger partial charge in [0.05, 0.1) is 18.6 Å². The minimum absolute atomic E-state index is 0.0603. The van der Waals surface area contributed by atoms with Crippen LogP contribution in [0.5, 0.6) is 5.75 Å². The molecule has 8 nitrogen and oxygen atoms in total. The molecular weight excluding hydrogens is 414 g/mol. The molecule has 1 aromatic rings. The highest BCUT2D eigenvalue weighted by Gasteiger charge is 2.33. The molecule has 1 saturated heterocycles. The summed E-state index contributed by atoms with van der Waals surface area (Å²) in [6, 6.07) is 1.55. The fourth-order valence-corrected chi connectivity index (χ4v) is 3.05. The number of piperidine rings is 1. The molecule has 0 saturated carbocycles. The van der Waals surface area contributed by atoms with Crippen molar-refractivity contribution in [1.29, 1.82) is 0 Å². The van der Waals surface area contributed by atoms with Crippen molar-refractivity contribution in [3.8, 4) is 5.75 Å². The molecule has 2 rings (SSSR count). The molecule has 12 heteroatoms. The molecule has 1 aromatic carbocycles. The smallest absolute Gasteiger partial charge is 0.403 e. The number of benzene rings is 1. The van der Waals surface area contributed by atoms with Crippen molar-refractivity contribution in [2.45, 2.75) is 38.3 Å². The second-order valence-corrected chi connectivity index (χ2v) is 6.92. The van der Waals surface area contributed by atoms with Crippen molar-refractivity contribution in [2.75, 3.05) is 25.0 Å². The van der Waals surface area contributed by atoms with E-state index in [1.165, 1.54) is 11.8 Å². The zero-order valence-electron chi connectivity index (χ0n) is 16.1. The van der Waals surface area contributed by atoms with Gasteiger partial charge in [0.15, 0.2) is 11.6 Å². The number of hydrogen-bond acceptors (Lipinski definition) is 5. The Bertz CT molecular complexity index is 752. The number of aliphatic hydroxyl groups is 2. The Morgan fingerprint density at radius 3 is 2.43 bits per heavy atom. The largest absolute Gasteiger partial charge is 0.573 e. The number of hydrogen-bond donors (Lipinski definition) is 4. The first-order valence-corrected chi connectivity index (χ1v) is 9.20. The number of carbonyl (C=O) groups excluding carboxylic acids is 2. The number of urea groups is 1. The van der Waals surface area contributed by atoms with Crippen LogP contribution in [0.4, 0.5) is 28.0 Å². The van der Waals surface area contributed by atoms with Crippen LogP contribution < -0.4 is 15.4 Å². The first-order chi connectivity index (χ1) is 14.0. The Kier molecular flexibility index (Phi) is 7.84. The Balaban J connectivity index is 1.84. The summed E-state index contributed by atoms with van der Waals surface area (Å²) in [6.07, 6.45) is -5.18. The van der Waals surface area contributed by atoms with Crippen molar-refractivity contribution in [3.05, 3.63) is 24.0 Å². The number of likely N-dealkylation sites (tertiary alicyclic amines) is 1. The van der Waals surface area contributed by atoms with Crippen LogP contribution in [-0.4, -0.2) is 65.3 Å². The van der Waals surface area contributed by atoms with E-state index in [2.05, 4.69) is 15.4 Å². The maximum absolute atomic E-state index is 13.7. The summed E-state index contributed by atoms with van der Waals surface area (Å²) in [5.74, 6) is -3.57. The standard InChI is InChI=1S/C18H23F4N3O5/c1-10(27)13(9-26)16(28)25-6-4-11(5-7-25)23-17(29)24-12-2-3-15(14(19)8-12)30-18(20,21)22/h2-3,8,10-11,13,26-27H,4-7,9H2,1H3,(H2,23,24,29)/t10?,13-/m0/s1. The molecule has 4 N–H and O–H groups in total. The van der Waals surface area contributed by atoms with Gasteiger partial charge in [0.25, 0.3) is 0 Å². The maximum Gasteiger partial charge on any atom is 0.573 e. The van der Waals surface area contributed by atoms with Gasteiger partial charge >= 0.3 is 12.4 Å². The molecule has 0 aromatic heterocycles. The van der Waals surface area contributed by atoms with Gasteiger partial charge in [0.2, 0.25) is 5.91 Å². The molecule has 3 amide bonds. The third-order valence-corrected chi connectivity index (χ3v) is 4.65. The lowest BCUT2D eigenvalue weighted by Gasteiger charge is -2.34. The summed E-state index contributed by atoms with van der Waals surface area (Å²) in [4.78, 5) is 25.8. The van der Waals surface area contributed by atoms with E-state index in [0.29, 0.717) is 32.0 Å². The number of amides is 3. The number of anilines is 1. The lowest BCUT2D eigenvalue weighted by atomic mass is 9.99. The molecule has 0 radical (unpaired) electrons. The fourth-order valence-electron chi connectivity index (χ4n) is 3.05. The minimum atomic E-state index is -5.03. The number of halogens is 4.